The highest BCUT2D eigenvalue weighted by Gasteiger charge is 2.17. The van der Waals surface area contributed by atoms with E-state index >= 15 is 0 Å². The van der Waals surface area contributed by atoms with Gasteiger partial charge in [0, 0.05) is 57.2 Å². The molecule has 0 atom stereocenters. The molecule has 0 saturated heterocycles. The summed E-state index contributed by atoms with van der Waals surface area (Å²) in [4.78, 5) is 19.3. The molecule has 5 aromatic heterocycles. The molecule has 0 saturated carbocycles. The zero-order valence-corrected chi connectivity index (χ0v) is 34.7. The number of ether oxygens (including phenoxy) is 2. The number of hydrogen-bond acceptors (Lipinski definition) is 6. The maximum atomic E-state index is 6.62. The summed E-state index contributed by atoms with van der Waals surface area (Å²) in [6.07, 6.45) is 7.37. The summed E-state index contributed by atoms with van der Waals surface area (Å²) >= 11 is 0. The Morgan fingerprint density at radius 1 is 0.403 bits per heavy atom. The second-order valence-electron chi connectivity index (χ2n) is 15.9. The van der Waals surface area contributed by atoms with E-state index in [-0.39, 0.29) is 0 Å². The van der Waals surface area contributed by atoms with E-state index in [0.29, 0.717) is 5.75 Å². The van der Waals surface area contributed by atoms with Crippen molar-refractivity contribution in [2.75, 3.05) is 0 Å². The summed E-state index contributed by atoms with van der Waals surface area (Å²) in [6.45, 7) is 8.38. The van der Waals surface area contributed by atoms with Crippen LogP contribution in [0.25, 0.3) is 77.8 Å². The molecule has 8 nitrogen and oxygen atoms in total. The molecule has 11 rings (SSSR count). The molecular weight excluding hydrogens is 765 g/mol. The molecule has 0 spiro atoms. The van der Waals surface area contributed by atoms with Gasteiger partial charge in [0.1, 0.15) is 34.6 Å². The Hall–Kier alpha value is -8.10. The monoisotopic (exact) mass is 804 g/mol. The molecule has 0 amide bonds. The minimum absolute atomic E-state index is 0.703. The predicted molar refractivity (Wildman–Crippen MR) is 249 cm³/mol. The Bertz CT molecular complexity index is 3530. The molecule has 11 aromatic rings. The van der Waals surface area contributed by atoms with Crippen molar-refractivity contribution in [3.63, 3.8) is 0 Å². The number of benzene rings is 6. The number of fused-ring (bicyclic) bond motifs is 6. The van der Waals surface area contributed by atoms with Gasteiger partial charge in [-0.1, -0.05) is 48.5 Å². The van der Waals surface area contributed by atoms with E-state index in [2.05, 4.69) is 128 Å². The SMILES string of the molecule is Cc1ccnc(-n2c3ccccc3c3ccc(Oc4cccc(-c5cnc(-c6cc(Oc7ccc8c9ccccc9n(-c9cc(C)ccn9)c8c7)cc(C)c6C)cn5)c4)cc32)c1. The van der Waals surface area contributed by atoms with Crippen LogP contribution in [0.1, 0.15) is 22.3 Å². The lowest BCUT2D eigenvalue weighted by Gasteiger charge is -2.14. The average molecular weight is 805 g/mol. The highest BCUT2D eigenvalue weighted by Crippen LogP contribution is 2.38. The third kappa shape index (κ3) is 6.49. The number of pyridine rings is 2. The summed E-state index contributed by atoms with van der Waals surface area (Å²) in [5.41, 5.74) is 12.1. The summed E-state index contributed by atoms with van der Waals surface area (Å²) < 4.78 is 17.5. The number of aryl methyl sites for hydroxylation is 3. The van der Waals surface area contributed by atoms with Crippen LogP contribution in [0, 0.1) is 27.7 Å². The molecule has 0 unspecified atom stereocenters. The number of nitrogens with zero attached hydrogens (tertiary/aromatic N) is 6. The standard InChI is InChI=1S/C54H40N6O2/c1-33-20-22-55-53(24-33)59-49-14-7-5-12-42(49)44-18-16-39(29-51(44)59)61-38-11-9-10-37(27-38)47-31-58-48(32-57-47)46-28-41(26-35(3)36(46)4)62-40-17-19-45-43-13-6-8-15-50(43)60(52(45)30-40)54-25-34(2)21-23-56-54/h5-32H,1-4H3. The lowest BCUT2D eigenvalue weighted by Crippen LogP contribution is -1.98. The largest absolute Gasteiger partial charge is 0.457 e. The molecule has 0 radical (unpaired) electrons. The van der Waals surface area contributed by atoms with E-state index in [1.54, 1.807) is 0 Å². The first kappa shape index (κ1) is 36.9. The number of rotatable bonds is 8. The van der Waals surface area contributed by atoms with Crippen LogP contribution in [0.2, 0.25) is 0 Å². The first-order valence-corrected chi connectivity index (χ1v) is 20.7. The van der Waals surface area contributed by atoms with E-state index in [0.717, 1.165) is 106 Å². The van der Waals surface area contributed by atoms with Gasteiger partial charge in [0.15, 0.2) is 0 Å². The summed E-state index contributed by atoms with van der Waals surface area (Å²) in [5, 5.41) is 4.62. The maximum Gasteiger partial charge on any atom is 0.137 e. The molecule has 0 aliphatic carbocycles. The molecule has 0 fully saturated rings. The molecule has 62 heavy (non-hydrogen) atoms. The lowest BCUT2D eigenvalue weighted by molar-refractivity contribution is 0.483. The van der Waals surface area contributed by atoms with E-state index in [1.807, 2.05) is 79.4 Å². The van der Waals surface area contributed by atoms with Gasteiger partial charge in [-0.05, 0) is 135 Å². The summed E-state index contributed by atoms with van der Waals surface area (Å²) in [5.74, 6) is 4.63. The van der Waals surface area contributed by atoms with Crippen molar-refractivity contribution in [1.82, 2.24) is 29.1 Å². The Morgan fingerprint density at radius 3 is 1.52 bits per heavy atom. The fourth-order valence-electron chi connectivity index (χ4n) is 8.56. The molecule has 0 bridgehead atoms. The zero-order valence-electron chi connectivity index (χ0n) is 34.7. The van der Waals surface area contributed by atoms with Crippen LogP contribution in [0.5, 0.6) is 23.0 Å². The van der Waals surface area contributed by atoms with Crippen molar-refractivity contribution in [1.29, 1.82) is 0 Å². The Balaban J connectivity index is 0.876. The minimum atomic E-state index is 0.703. The normalized spacial score (nSPS) is 11.5. The van der Waals surface area contributed by atoms with Crippen LogP contribution in [-0.4, -0.2) is 29.1 Å². The van der Waals surface area contributed by atoms with Crippen LogP contribution in [-0.2, 0) is 0 Å². The summed E-state index contributed by atoms with van der Waals surface area (Å²) in [7, 11) is 0. The van der Waals surface area contributed by atoms with Gasteiger partial charge in [0.25, 0.3) is 0 Å². The smallest absolute Gasteiger partial charge is 0.137 e. The first-order valence-electron chi connectivity index (χ1n) is 20.7. The van der Waals surface area contributed by atoms with Gasteiger partial charge < -0.3 is 9.47 Å². The van der Waals surface area contributed by atoms with Crippen molar-refractivity contribution in [3.8, 4) is 57.1 Å². The van der Waals surface area contributed by atoms with Crippen LogP contribution < -0.4 is 9.47 Å². The van der Waals surface area contributed by atoms with Crippen LogP contribution in [0.15, 0.2) is 170 Å². The lowest BCUT2D eigenvalue weighted by atomic mass is 10.0. The van der Waals surface area contributed by atoms with Crippen LogP contribution in [0.3, 0.4) is 0 Å². The van der Waals surface area contributed by atoms with Gasteiger partial charge in [0.05, 0.1) is 45.8 Å². The summed E-state index contributed by atoms with van der Waals surface area (Å²) in [6, 6.07) is 49.7. The van der Waals surface area contributed by atoms with Crippen LogP contribution >= 0.6 is 0 Å². The molecular formula is C54H40N6O2. The first-order chi connectivity index (χ1) is 30.3. The molecule has 298 valence electrons. The maximum absolute atomic E-state index is 6.62. The Labute approximate surface area is 358 Å². The van der Waals surface area contributed by atoms with E-state index in [9.17, 15) is 0 Å². The molecule has 0 aliphatic heterocycles. The third-order valence-electron chi connectivity index (χ3n) is 11.7. The highest BCUT2D eigenvalue weighted by molar-refractivity contribution is 6.10. The van der Waals surface area contributed by atoms with Gasteiger partial charge in [-0.3, -0.25) is 19.1 Å². The van der Waals surface area contributed by atoms with Gasteiger partial charge >= 0.3 is 0 Å². The van der Waals surface area contributed by atoms with Gasteiger partial charge in [0.2, 0.25) is 0 Å². The quantitative estimate of drug-likeness (QED) is 0.152. The van der Waals surface area contributed by atoms with Crippen molar-refractivity contribution in [2.24, 2.45) is 0 Å². The van der Waals surface area contributed by atoms with Crippen molar-refractivity contribution in [2.45, 2.75) is 27.7 Å². The predicted octanol–water partition coefficient (Wildman–Crippen LogP) is 13.6. The highest BCUT2D eigenvalue weighted by atomic mass is 16.5. The van der Waals surface area contributed by atoms with Crippen molar-refractivity contribution in [3.05, 3.63) is 193 Å². The second kappa shape index (κ2) is 14.9. The number of para-hydroxylation sites is 2. The third-order valence-corrected chi connectivity index (χ3v) is 11.7. The average Bonchev–Trinajstić information content (AvgIpc) is 3.80. The molecule has 5 heterocycles. The number of hydrogen-bond donors (Lipinski definition) is 0. The fourth-order valence-corrected chi connectivity index (χ4v) is 8.56. The molecule has 6 aromatic carbocycles. The Morgan fingerprint density at radius 2 is 0.935 bits per heavy atom. The van der Waals surface area contributed by atoms with E-state index < -0.39 is 0 Å². The van der Waals surface area contributed by atoms with E-state index in [4.69, 9.17) is 29.4 Å². The van der Waals surface area contributed by atoms with Gasteiger partial charge in [-0.25, -0.2) is 9.97 Å². The Kier molecular flexibility index (Phi) is 8.86. The van der Waals surface area contributed by atoms with Crippen molar-refractivity contribution >= 4 is 43.6 Å². The van der Waals surface area contributed by atoms with Gasteiger partial charge in [-0.15, -0.1) is 0 Å². The molecule has 0 N–H and O–H groups in total. The molecule has 0 aliphatic rings. The molecule has 8 heteroatoms. The number of aromatic nitrogens is 6. The second-order valence-corrected chi connectivity index (χ2v) is 15.9. The minimum Gasteiger partial charge on any atom is -0.457 e. The van der Waals surface area contributed by atoms with Crippen molar-refractivity contribution < 1.29 is 9.47 Å². The zero-order chi connectivity index (χ0) is 41.9. The van der Waals surface area contributed by atoms with E-state index in [1.165, 1.54) is 10.8 Å². The van der Waals surface area contributed by atoms with Gasteiger partial charge in [-0.2, -0.15) is 0 Å². The van der Waals surface area contributed by atoms with Crippen LogP contribution in [0.4, 0.5) is 0 Å². The fraction of sp³-hybridized carbons (Fsp3) is 0.0741. The topological polar surface area (TPSA) is 79.9 Å².